The summed E-state index contributed by atoms with van der Waals surface area (Å²) in [4.78, 5) is 4.18. The Morgan fingerprint density at radius 1 is 1.14 bits per heavy atom. The van der Waals surface area contributed by atoms with Crippen molar-refractivity contribution in [3.05, 3.63) is 29.8 Å². The Balaban J connectivity index is 0.00000729. The van der Waals surface area contributed by atoms with Crippen LogP contribution < -0.4 is 15.4 Å². The number of ether oxygens (including phenoxy) is 1. The van der Waals surface area contributed by atoms with Crippen LogP contribution >= 0.6 is 24.0 Å². The number of guanidine groups is 1. The van der Waals surface area contributed by atoms with Gasteiger partial charge in [-0.25, -0.2) is 0 Å². The summed E-state index contributed by atoms with van der Waals surface area (Å²) in [7, 11) is 0. The minimum atomic E-state index is -4.15. The highest BCUT2D eigenvalue weighted by molar-refractivity contribution is 14.0. The number of hydrogen-bond donors (Lipinski definition) is 3. The lowest BCUT2D eigenvalue weighted by molar-refractivity contribution is -0.135. The molecular formula is C17H25F5IN3O2. The smallest absolute Gasteiger partial charge is 0.389 e. The Hall–Kier alpha value is -1.37. The highest BCUT2D eigenvalue weighted by Crippen LogP contribution is 2.22. The molecule has 0 radical (unpaired) electrons. The number of aliphatic hydroxyl groups excluding tert-OH is 1. The van der Waals surface area contributed by atoms with E-state index < -0.39 is 25.3 Å². The van der Waals surface area contributed by atoms with E-state index in [1.165, 1.54) is 24.3 Å². The Morgan fingerprint density at radius 2 is 1.79 bits per heavy atom. The zero-order chi connectivity index (χ0) is 20.3. The molecule has 28 heavy (non-hydrogen) atoms. The van der Waals surface area contributed by atoms with E-state index in [1.54, 1.807) is 0 Å². The molecule has 1 unspecified atom stereocenters. The standard InChI is InChI=1S/C17H24F5N3O2.HI/c1-2-23-16(24-10-4-3-9-17(20,21)22)25-11-14(26)12-5-7-13(8-6-12)27-15(18)19;/h5-8,14-15,26H,2-4,9-11H2,1H3,(H2,23,24,25);1H. The third kappa shape index (κ3) is 12.2. The second kappa shape index (κ2) is 13.7. The van der Waals surface area contributed by atoms with Crippen LogP contribution in [0.25, 0.3) is 0 Å². The van der Waals surface area contributed by atoms with Crippen molar-refractivity contribution in [2.45, 2.75) is 45.1 Å². The van der Waals surface area contributed by atoms with Gasteiger partial charge in [0.1, 0.15) is 5.75 Å². The molecule has 0 spiro atoms. The molecule has 1 aromatic rings. The molecule has 0 aliphatic carbocycles. The Bertz CT molecular complexity index is 571. The van der Waals surface area contributed by atoms with Crippen molar-refractivity contribution >= 4 is 29.9 Å². The van der Waals surface area contributed by atoms with Crippen LogP contribution in [-0.4, -0.2) is 43.5 Å². The first-order valence-corrected chi connectivity index (χ1v) is 8.53. The first-order chi connectivity index (χ1) is 12.7. The number of nitrogens with zero attached hydrogens (tertiary/aromatic N) is 1. The maximum atomic E-state index is 12.1. The zero-order valence-electron chi connectivity index (χ0n) is 15.3. The van der Waals surface area contributed by atoms with E-state index in [2.05, 4.69) is 20.4 Å². The molecule has 0 bridgehead atoms. The van der Waals surface area contributed by atoms with Crippen LogP contribution in [0.1, 0.15) is 37.9 Å². The van der Waals surface area contributed by atoms with Crippen LogP contribution in [0.15, 0.2) is 29.3 Å². The largest absolute Gasteiger partial charge is 0.435 e. The van der Waals surface area contributed by atoms with Crippen molar-refractivity contribution in [2.24, 2.45) is 4.99 Å². The van der Waals surface area contributed by atoms with E-state index in [0.29, 0.717) is 31.0 Å². The van der Waals surface area contributed by atoms with E-state index in [4.69, 9.17) is 0 Å². The van der Waals surface area contributed by atoms with Gasteiger partial charge in [0.05, 0.1) is 12.6 Å². The van der Waals surface area contributed by atoms with Gasteiger partial charge in [0, 0.05) is 19.5 Å². The summed E-state index contributed by atoms with van der Waals surface area (Å²) in [5.74, 6) is 0.361. The molecule has 5 nitrogen and oxygen atoms in total. The van der Waals surface area contributed by atoms with Crippen molar-refractivity contribution in [3.8, 4) is 5.75 Å². The van der Waals surface area contributed by atoms with E-state index in [9.17, 15) is 27.1 Å². The molecule has 0 aliphatic heterocycles. The fourth-order valence-electron chi connectivity index (χ4n) is 2.15. The van der Waals surface area contributed by atoms with E-state index >= 15 is 0 Å². The summed E-state index contributed by atoms with van der Waals surface area (Å²) in [6.45, 7) is -0.233. The number of halogens is 6. The Labute approximate surface area is 177 Å². The summed E-state index contributed by atoms with van der Waals surface area (Å²) in [6, 6.07) is 5.54. The molecule has 1 atom stereocenters. The average Bonchev–Trinajstić information content (AvgIpc) is 2.58. The van der Waals surface area contributed by atoms with Gasteiger partial charge in [-0.05, 0) is 37.5 Å². The predicted octanol–water partition coefficient (Wildman–Crippen LogP) is 4.23. The van der Waals surface area contributed by atoms with Gasteiger partial charge in [-0.2, -0.15) is 22.0 Å². The average molecular weight is 525 g/mol. The van der Waals surface area contributed by atoms with Crippen molar-refractivity contribution in [1.29, 1.82) is 0 Å². The summed E-state index contributed by atoms with van der Waals surface area (Å²) < 4.78 is 64.7. The first-order valence-electron chi connectivity index (χ1n) is 8.53. The quantitative estimate of drug-likeness (QED) is 0.141. The molecule has 1 rings (SSSR count). The summed E-state index contributed by atoms with van der Waals surface area (Å²) in [6.07, 6.45) is -5.60. The van der Waals surface area contributed by atoms with Gasteiger partial charge in [-0.1, -0.05) is 12.1 Å². The molecular weight excluding hydrogens is 500 g/mol. The number of rotatable bonds is 10. The number of hydrogen-bond acceptors (Lipinski definition) is 3. The maximum Gasteiger partial charge on any atom is 0.389 e. The highest BCUT2D eigenvalue weighted by Gasteiger charge is 2.25. The summed E-state index contributed by atoms with van der Waals surface area (Å²) >= 11 is 0. The number of alkyl halides is 5. The number of unbranched alkanes of at least 4 members (excludes halogenated alkanes) is 1. The van der Waals surface area contributed by atoms with Gasteiger partial charge >= 0.3 is 12.8 Å². The predicted molar refractivity (Wildman–Crippen MR) is 107 cm³/mol. The third-order valence-corrected chi connectivity index (χ3v) is 3.44. The van der Waals surface area contributed by atoms with Crippen LogP contribution in [0, 0.1) is 0 Å². The SMILES string of the molecule is CCNC(=NCC(O)c1ccc(OC(F)F)cc1)NCCCCC(F)(F)F.I. The van der Waals surface area contributed by atoms with Gasteiger partial charge < -0.3 is 20.5 Å². The highest BCUT2D eigenvalue weighted by atomic mass is 127. The number of aliphatic hydroxyl groups is 1. The monoisotopic (exact) mass is 525 g/mol. The molecule has 0 saturated heterocycles. The van der Waals surface area contributed by atoms with E-state index in [1.807, 2.05) is 6.92 Å². The van der Waals surface area contributed by atoms with Gasteiger partial charge in [-0.15, -0.1) is 24.0 Å². The lowest BCUT2D eigenvalue weighted by atomic mass is 10.1. The fraction of sp³-hybridized carbons (Fsp3) is 0.588. The first kappa shape index (κ1) is 26.6. The second-order valence-corrected chi connectivity index (χ2v) is 5.68. The van der Waals surface area contributed by atoms with E-state index in [0.717, 1.165) is 0 Å². The molecule has 0 aliphatic rings. The van der Waals surface area contributed by atoms with Gasteiger partial charge in [0.25, 0.3) is 0 Å². The minimum Gasteiger partial charge on any atom is -0.435 e. The second-order valence-electron chi connectivity index (χ2n) is 5.68. The lowest BCUT2D eigenvalue weighted by Crippen LogP contribution is -2.38. The molecule has 0 heterocycles. The molecule has 0 aromatic heterocycles. The number of benzene rings is 1. The topological polar surface area (TPSA) is 65.9 Å². The molecule has 0 fully saturated rings. The molecule has 11 heteroatoms. The molecule has 1 aromatic carbocycles. The zero-order valence-corrected chi connectivity index (χ0v) is 17.6. The maximum absolute atomic E-state index is 12.1. The number of nitrogens with one attached hydrogen (secondary N) is 2. The lowest BCUT2D eigenvalue weighted by Gasteiger charge is -2.14. The molecule has 3 N–H and O–H groups in total. The molecule has 162 valence electrons. The summed E-state index contributed by atoms with van der Waals surface area (Å²) in [5, 5.41) is 16.0. The molecule has 0 saturated carbocycles. The Morgan fingerprint density at radius 3 is 2.32 bits per heavy atom. The van der Waals surface area contributed by atoms with Crippen LogP contribution in [0.3, 0.4) is 0 Å². The summed E-state index contributed by atoms with van der Waals surface area (Å²) in [5.41, 5.74) is 0.474. The van der Waals surface area contributed by atoms with Gasteiger partial charge in [0.15, 0.2) is 5.96 Å². The van der Waals surface area contributed by atoms with Crippen LogP contribution in [0.5, 0.6) is 5.75 Å². The molecule has 0 amide bonds. The van der Waals surface area contributed by atoms with Crippen molar-refractivity contribution in [3.63, 3.8) is 0 Å². The van der Waals surface area contributed by atoms with Gasteiger partial charge in [-0.3, -0.25) is 4.99 Å². The third-order valence-electron chi connectivity index (χ3n) is 3.44. The van der Waals surface area contributed by atoms with Crippen molar-refractivity contribution < 1.29 is 31.8 Å². The van der Waals surface area contributed by atoms with Crippen molar-refractivity contribution in [2.75, 3.05) is 19.6 Å². The van der Waals surface area contributed by atoms with Crippen LogP contribution in [-0.2, 0) is 0 Å². The minimum absolute atomic E-state index is 0. The van der Waals surface area contributed by atoms with Crippen LogP contribution in [0.2, 0.25) is 0 Å². The number of aliphatic imine (C=N–C) groups is 1. The fourth-order valence-corrected chi connectivity index (χ4v) is 2.15. The van der Waals surface area contributed by atoms with Gasteiger partial charge in [0.2, 0.25) is 0 Å². The van der Waals surface area contributed by atoms with Crippen molar-refractivity contribution in [1.82, 2.24) is 10.6 Å². The normalized spacial score (nSPS) is 13.1. The van der Waals surface area contributed by atoms with Crippen LogP contribution in [0.4, 0.5) is 22.0 Å². The van der Waals surface area contributed by atoms with E-state index in [-0.39, 0.29) is 42.7 Å². The Kier molecular flexibility index (Phi) is 13.1.